The van der Waals surface area contributed by atoms with Gasteiger partial charge in [-0.15, -0.1) is 0 Å². The van der Waals surface area contributed by atoms with Gasteiger partial charge >= 0.3 is 0 Å². The fourth-order valence-electron chi connectivity index (χ4n) is 8.13. The van der Waals surface area contributed by atoms with Crippen LogP contribution in [0.25, 0.3) is 22.7 Å². The second-order valence-corrected chi connectivity index (χ2v) is 12.8. The van der Waals surface area contributed by atoms with Crippen LogP contribution in [0.2, 0.25) is 0 Å². The van der Waals surface area contributed by atoms with Crippen molar-refractivity contribution in [2.24, 2.45) is 16.8 Å². The van der Waals surface area contributed by atoms with Gasteiger partial charge in [0.25, 0.3) is 0 Å². The van der Waals surface area contributed by atoms with Crippen molar-refractivity contribution < 1.29 is 0 Å². The molecule has 9 rings (SSSR count). The highest BCUT2D eigenvalue weighted by Gasteiger charge is 2.37. The van der Waals surface area contributed by atoms with Gasteiger partial charge in [0.15, 0.2) is 0 Å². The average molecular weight is 597 g/mol. The maximum Gasteiger partial charge on any atom is 0.0719 e. The molecule has 4 heteroatoms. The molecule has 0 saturated heterocycles. The Balaban J connectivity index is 1.04. The third-order valence-electron chi connectivity index (χ3n) is 10.3. The van der Waals surface area contributed by atoms with Gasteiger partial charge in [-0.1, -0.05) is 104 Å². The highest BCUT2D eigenvalue weighted by Crippen LogP contribution is 2.48. The summed E-state index contributed by atoms with van der Waals surface area (Å²) >= 11 is 0. The van der Waals surface area contributed by atoms with Crippen LogP contribution >= 0.6 is 0 Å². The number of hydrogen-bond acceptors (Lipinski definition) is 3. The van der Waals surface area contributed by atoms with Crippen molar-refractivity contribution >= 4 is 46.0 Å². The Kier molecular flexibility index (Phi) is 6.41. The van der Waals surface area contributed by atoms with Crippen LogP contribution in [0.4, 0.5) is 17.1 Å². The summed E-state index contributed by atoms with van der Waals surface area (Å²) in [5.74, 6) is 1.11. The number of dihydropyridines is 1. The number of anilines is 3. The lowest BCUT2D eigenvalue weighted by Crippen LogP contribution is -2.28. The van der Waals surface area contributed by atoms with Crippen LogP contribution in [-0.2, 0) is 0 Å². The summed E-state index contributed by atoms with van der Waals surface area (Å²) in [4.78, 5) is 7.48. The Morgan fingerprint density at radius 3 is 2.67 bits per heavy atom. The average Bonchev–Trinajstić information content (AvgIpc) is 3.49. The first-order valence-electron chi connectivity index (χ1n) is 16.4. The highest BCUT2D eigenvalue weighted by molar-refractivity contribution is 6.01. The molecule has 4 aromatic rings. The SMILES string of the molecule is CC1C(n2c3c(c4ccccc42)NC=CC=C3)=CC=CC1C1=CC(c2cccc(N3c4ccccc4C4C=CC=C[C@@H]43)c2)CN=C1. The van der Waals surface area contributed by atoms with Crippen LogP contribution in [0.3, 0.4) is 0 Å². The molecule has 5 atom stereocenters. The molecule has 5 aliphatic rings. The van der Waals surface area contributed by atoms with E-state index in [0.29, 0.717) is 12.0 Å². The lowest BCUT2D eigenvalue weighted by atomic mass is 9.79. The van der Waals surface area contributed by atoms with Crippen LogP contribution < -0.4 is 10.2 Å². The fraction of sp³-hybridized carbons (Fsp3) is 0.167. The molecular weight excluding hydrogens is 560 g/mol. The Morgan fingerprint density at radius 1 is 0.826 bits per heavy atom. The van der Waals surface area contributed by atoms with E-state index in [2.05, 4.69) is 168 Å². The van der Waals surface area contributed by atoms with Crippen molar-refractivity contribution in [1.29, 1.82) is 0 Å². The largest absolute Gasteiger partial charge is 0.359 e. The summed E-state index contributed by atoms with van der Waals surface area (Å²) in [6.07, 6.45) is 29.0. The number of para-hydroxylation sites is 2. The Hall–Kier alpha value is -5.35. The van der Waals surface area contributed by atoms with E-state index in [9.17, 15) is 0 Å². The Labute approximate surface area is 270 Å². The summed E-state index contributed by atoms with van der Waals surface area (Å²) in [6, 6.07) is 27.0. The van der Waals surface area contributed by atoms with Gasteiger partial charge in [0.05, 0.1) is 22.9 Å². The summed E-state index contributed by atoms with van der Waals surface area (Å²) in [5, 5.41) is 4.77. The molecule has 2 aliphatic carbocycles. The minimum Gasteiger partial charge on any atom is -0.359 e. The molecule has 0 saturated carbocycles. The van der Waals surface area contributed by atoms with Gasteiger partial charge in [-0.3, -0.25) is 4.99 Å². The number of benzene rings is 3. The second-order valence-electron chi connectivity index (χ2n) is 12.8. The molecule has 3 aliphatic heterocycles. The molecule has 0 spiro atoms. The van der Waals surface area contributed by atoms with E-state index in [1.54, 1.807) is 0 Å². The van der Waals surface area contributed by atoms with Gasteiger partial charge < -0.3 is 14.8 Å². The van der Waals surface area contributed by atoms with E-state index in [1.165, 1.54) is 50.4 Å². The van der Waals surface area contributed by atoms with Crippen molar-refractivity contribution in [3.8, 4) is 0 Å². The standard InChI is InChI=1S/C42H36N4/c1-28-33(17-11-22-37(28)46-40-20-7-4-16-36(40)42-41(46)21-8-9-23-44-42)31-24-30(26-43-27-31)29-12-10-13-32(25-29)45-38-18-5-2-14-34(38)35-15-3-6-19-39(35)45/h2-25,27-28,30,33-34,38,44H,26H2,1H3/t28?,30?,33?,34?,38-/m0/s1. The zero-order valence-electron chi connectivity index (χ0n) is 25.9. The highest BCUT2D eigenvalue weighted by atomic mass is 15.2. The van der Waals surface area contributed by atoms with Crippen LogP contribution in [0.15, 0.2) is 150 Å². The van der Waals surface area contributed by atoms with Gasteiger partial charge in [-0.2, -0.15) is 0 Å². The lowest BCUT2D eigenvalue weighted by molar-refractivity contribution is 0.582. The number of aromatic nitrogens is 1. The number of aliphatic imine (C=N–C) groups is 1. The predicted molar refractivity (Wildman–Crippen MR) is 194 cm³/mol. The molecule has 0 bridgehead atoms. The first-order chi connectivity index (χ1) is 22.8. The number of fused-ring (bicyclic) bond motifs is 6. The minimum absolute atomic E-state index is 0.229. The number of hydrogen-bond donors (Lipinski definition) is 1. The zero-order chi connectivity index (χ0) is 30.6. The normalized spacial score (nSPS) is 25.5. The summed E-state index contributed by atoms with van der Waals surface area (Å²) < 4.78 is 2.44. The molecule has 4 nitrogen and oxygen atoms in total. The van der Waals surface area contributed by atoms with Crippen LogP contribution in [0, 0.1) is 11.8 Å². The van der Waals surface area contributed by atoms with Gasteiger partial charge in [0, 0.05) is 65.1 Å². The maximum absolute atomic E-state index is 4.96. The van der Waals surface area contributed by atoms with Crippen molar-refractivity contribution in [3.63, 3.8) is 0 Å². The van der Waals surface area contributed by atoms with Crippen molar-refractivity contribution in [3.05, 3.63) is 162 Å². The summed E-state index contributed by atoms with van der Waals surface area (Å²) in [7, 11) is 0. The molecule has 46 heavy (non-hydrogen) atoms. The first kappa shape index (κ1) is 27.0. The third-order valence-corrected chi connectivity index (χ3v) is 10.3. The number of nitrogens with one attached hydrogen (secondary N) is 1. The van der Waals surface area contributed by atoms with Gasteiger partial charge in [-0.05, 0) is 59.2 Å². The topological polar surface area (TPSA) is 32.6 Å². The molecule has 0 fully saturated rings. The Morgan fingerprint density at radius 2 is 1.70 bits per heavy atom. The molecule has 1 aromatic heterocycles. The smallest absolute Gasteiger partial charge is 0.0719 e. The molecule has 4 unspecified atom stereocenters. The first-order valence-corrected chi connectivity index (χ1v) is 16.4. The summed E-state index contributed by atoms with van der Waals surface area (Å²) in [5.41, 5.74) is 11.4. The summed E-state index contributed by atoms with van der Waals surface area (Å²) in [6.45, 7) is 3.13. The van der Waals surface area contributed by atoms with E-state index in [0.717, 1.165) is 12.2 Å². The molecular formula is C42H36N4. The number of allylic oxidation sites excluding steroid dienone is 9. The monoisotopic (exact) mass is 596 g/mol. The second kappa shape index (κ2) is 10.9. The van der Waals surface area contributed by atoms with E-state index in [-0.39, 0.29) is 17.8 Å². The third kappa shape index (κ3) is 4.24. The molecule has 0 radical (unpaired) electrons. The zero-order valence-corrected chi connectivity index (χ0v) is 25.9. The van der Waals surface area contributed by atoms with Crippen molar-refractivity contribution in [1.82, 2.24) is 4.57 Å². The van der Waals surface area contributed by atoms with Crippen molar-refractivity contribution in [2.45, 2.75) is 24.8 Å². The van der Waals surface area contributed by atoms with Gasteiger partial charge in [0.1, 0.15) is 0 Å². The van der Waals surface area contributed by atoms with E-state index in [1.807, 2.05) is 6.20 Å². The number of nitrogens with zero attached hydrogens (tertiary/aromatic N) is 3. The fourth-order valence-corrected chi connectivity index (χ4v) is 8.13. The van der Waals surface area contributed by atoms with E-state index >= 15 is 0 Å². The molecule has 4 heterocycles. The van der Waals surface area contributed by atoms with Crippen LogP contribution in [0.5, 0.6) is 0 Å². The van der Waals surface area contributed by atoms with Gasteiger partial charge in [0.2, 0.25) is 0 Å². The van der Waals surface area contributed by atoms with Gasteiger partial charge in [-0.25, -0.2) is 0 Å². The maximum atomic E-state index is 4.96. The van der Waals surface area contributed by atoms with Crippen LogP contribution in [-0.4, -0.2) is 23.4 Å². The number of rotatable bonds is 4. The molecule has 3 aromatic carbocycles. The van der Waals surface area contributed by atoms with Crippen molar-refractivity contribution in [2.75, 3.05) is 16.8 Å². The lowest BCUT2D eigenvalue weighted by Gasteiger charge is -2.31. The molecule has 1 N–H and O–H groups in total. The molecule has 224 valence electrons. The Bertz CT molecular complexity index is 2110. The van der Waals surface area contributed by atoms with E-state index < -0.39 is 0 Å². The minimum atomic E-state index is 0.229. The molecule has 0 amide bonds. The van der Waals surface area contributed by atoms with Crippen LogP contribution in [0.1, 0.15) is 35.6 Å². The van der Waals surface area contributed by atoms with E-state index in [4.69, 9.17) is 4.99 Å². The predicted octanol–water partition coefficient (Wildman–Crippen LogP) is 9.78. The quantitative estimate of drug-likeness (QED) is 0.254.